The Bertz CT molecular complexity index is 1610. The number of aromatic amines is 1. The van der Waals surface area contributed by atoms with E-state index >= 15 is 0 Å². The summed E-state index contributed by atoms with van der Waals surface area (Å²) >= 11 is 0. The molecule has 0 bridgehead atoms. The van der Waals surface area contributed by atoms with Gasteiger partial charge in [0.15, 0.2) is 17.4 Å². The zero-order chi connectivity index (χ0) is 49.4. The Kier molecular flexibility index (Phi) is 35.8. The third kappa shape index (κ3) is 37.9. The first-order chi connectivity index (χ1) is 32.1. The van der Waals surface area contributed by atoms with Crippen molar-refractivity contribution in [1.82, 2.24) is 36.0 Å². The Hall–Kier alpha value is -3.76. The van der Waals surface area contributed by atoms with Crippen LogP contribution in [0.3, 0.4) is 0 Å². The summed E-state index contributed by atoms with van der Waals surface area (Å²) in [7, 11) is -3.81. The highest BCUT2D eigenvalue weighted by Gasteiger charge is 2.27. The molecule has 0 aliphatic rings. The number of ether oxygens (including phenoxy) is 4. The van der Waals surface area contributed by atoms with Crippen molar-refractivity contribution in [3.05, 3.63) is 5.82 Å². The number of hydrogen-bond acceptors (Lipinski definition) is 16. The summed E-state index contributed by atoms with van der Waals surface area (Å²) in [4.78, 5) is 72.4. The van der Waals surface area contributed by atoms with Crippen molar-refractivity contribution in [2.45, 2.75) is 174 Å². The van der Waals surface area contributed by atoms with E-state index in [-0.39, 0.29) is 126 Å². The molecule has 0 aliphatic carbocycles. The quantitative estimate of drug-likeness (QED) is 0.0574. The fourth-order valence-corrected chi connectivity index (χ4v) is 7.89. The largest absolute Gasteiger partial charge is 0.379 e. The van der Waals surface area contributed by atoms with Gasteiger partial charge in [0.2, 0.25) is 27.7 Å². The number of tetrazole rings is 1. The van der Waals surface area contributed by atoms with Crippen LogP contribution in [0.15, 0.2) is 0 Å². The van der Waals surface area contributed by atoms with Gasteiger partial charge in [0.05, 0.1) is 44.3 Å². The first-order valence-electron chi connectivity index (χ1n) is 24.5. The zero-order valence-electron chi connectivity index (χ0n) is 40.8. The summed E-state index contributed by atoms with van der Waals surface area (Å²) in [5.74, 6) is -1.26. The van der Waals surface area contributed by atoms with Crippen molar-refractivity contribution < 1.29 is 56.1 Å². The number of amides is 3. The summed E-state index contributed by atoms with van der Waals surface area (Å²) in [5.41, 5.74) is 4.87. The molecular weight excluding hydrogens is 889 g/mol. The van der Waals surface area contributed by atoms with E-state index in [4.69, 9.17) is 24.7 Å². The monoisotopic (exact) mass is 973 g/mol. The maximum absolute atomic E-state index is 12.3. The molecule has 20 nitrogen and oxygen atoms in total. The normalized spacial score (nSPS) is 12.2. The van der Waals surface area contributed by atoms with Gasteiger partial charge in [-0.15, -0.1) is 10.2 Å². The van der Waals surface area contributed by atoms with E-state index in [9.17, 15) is 37.2 Å². The molecule has 0 saturated carbocycles. The Labute approximate surface area is 399 Å². The van der Waals surface area contributed by atoms with Gasteiger partial charge < -0.3 is 35.3 Å². The molecule has 1 rings (SSSR count). The van der Waals surface area contributed by atoms with Gasteiger partial charge in [0.1, 0.15) is 19.0 Å². The van der Waals surface area contributed by atoms with Crippen LogP contribution >= 0.6 is 0 Å². The fraction of sp³-hybridized carbons (Fsp3) is 0.848. The topological polar surface area (TPSA) is 290 Å². The maximum Gasteiger partial charge on any atom is 0.245 e. The van der Waals surface area contributed by atoms with E-state index in [2.05, 4.69) is 36.0 Å². The lowest BCUT2D eigenvalue weighted by Crippen LogP contribution is -2.42. The number of H-pyrrole nitrogens is 1. The molecule has 0 saturated heterocycles. The number of carbonyl (C=O) groups excluding carboxylic acids is 6. The molecule has 1 atom stereocenters. The highest BCUT2D eigenvalue weighted by Crippen LogP contribution is 2.18. The van der Waals surface area contributed by atoms with Gasteiger partial charge in [0, 0.05) is 57.7 Å². The molecule has 0 aromatic carbocycles. The van der Waals surface area contributed by atoms with Crippen LogP contribution in [0.2, 0.25) is 0 Å². The average Bonchev–Trinajstić information content (AvgIpc) is 3.79. The number of sulfonamides is 1. The number of carbonyl (C=O) groups is 6. The third-order valence-corrected chi connectivity index (χ3v) is 12.2. The predicted molar refractivity (Wildman–Crippen MR) is 253 cm³/mol. The van der Waals surface area contributed by atoms with Crippen LogP contribution in [0.1, 0.15) is 168 Å². The Balaban J connectivity index is 1.87. The van der Waals surface area contributed by atoms with E-state index in [0.717, 1.165) is 37.9 Å². The molecule has 1 aromatic rings. The molecule has 67 heavy (non-hydrogen) atoms. The number of nitrogens with two attached hydrogens (primary N) is 1. The number of unbranched alkanes of at least 4 members (excludes halogenated alkanes) is 13. The summed E-state index contributed by atoms with van der Waals surface area (Å²) < 4.78 is 48.2. The van der Waals surface area contributed by atoms with Gasteiger partial charge in [-0.05, 0) is 59.3 Å². The van der Waals surface area contributed by atoms with Crippen molar-refractivity contribution in [2.75, 3.05) is 71.7 Å². The number of aromatic nitrogens is 4. The predicted octanol–water partition coefficient (Wildman–Crippen LogP) is 4.15. The Morgan fingerprint density at radius 1 is 0.627 bits per heavy atom. The van der Waals surface area contributed by atoms with Crippen molar-refractivity contribution in [3.8, 4) is 0 Å². The number of aryl methyl sites for hydroxylation is 1. The second-order valence-electron chi connectivity index (χ2n) is 17.7. The van der Waals surface area contributed by atoms with Crippen LogP contribution in [0.4, 0.5) is 0 Å². The average molecular weight is 973 g/mol. The number of ketones is 3. The molecule has 386 valence electrons. The number of nitrogens with one attached hydrogen (secondary N) is 4. The lowest BCUT2D eigenvalue weighted by Gasteiger charge is -2.20. The van der Waals surface area contributed by atoms with Gasteiger partial charge in [-0.1, -0.05) is 82.3 Å². The maximum atomic E-state index is 12.3. The van der Waals surface area contributed by atoms with E-state index < -0.39 is 21.5 Å². The number of rotatable bonds is 47. The second kappa shape index (κ2) is 39.1. The van der Waals surface area contributed by atoms with E-state index in [0.29, 0.717) is 45.3 Å². The Morgan fingerprint density at radius 3 is 1.81 bits per heavy atom. The number of nitrogens with zero attached hydrogens (tertiary/aromatic N) is 3. The highest BCUT2D eigenvalue weighted by molar-refractivity contribution is 7.90. The molecule has 21 heteroatoms. The highest BCUT2D eigenvalue weighted by atomic mass is 32.2. The number of Topliss-reactive ketones (excluding diaryl/α,β-unsaturated/α-hetero) is 3. The van der Waals surface area contributed by atoms with Gasteiger partial charge in [-0.2, -0.15) is 5.21 Å². The van der Waals surface area contributed by atoms with Crippen molar-refractivity contribution in [3.63, 3.8) is 0 Å². The van der Waals surface area contributed by atoms with Crippen LogP contribution in [0.5, 0.6) is 0 Å². The van der Waals surface area contributed by atoms with Crippen molar-refractivity contribution in [2.24, 2.45) is 11.7 Å². The summed E-state index contributed by atoms with van der Waals surface area (Å²) in [6.07, 6.45) is 18.6. The van der Waals surface area contributed by atoms with Crippen LogP contribution in [-0.2, 0) is 64.2 Å². The molecule has 0 radical (unpaired) electrons. The lowest BCUT2D eigenvalue weighted by atomic mass is 9.87. The van der Waals surface area contributed by atoms with Crippen LogP contribution in [-0.4, -0.2) is 141 Å². The summed E-state index contributed by atoms with van der Waals surface area (Å²) in [5, 5.41) is 19.4. The molecule has 6 N–H and O–H groups in total. The van der Waals surface area contributed by atoms with Gasteiger partial charge in [-0.25, -0.2) is 8.42 Å². The summed E-state index contributed by atoms with van der Waals surface area (Å²) in [6, 6.07) is 0. The third-order valence-electron chi connectivity index (χ3n) is 10.9. The minimum atomic E-state index is -3.81. The molecule has 3 amide bonds. The molecule has 0 aliphatic heterocycles. The van der Waals surface area contributed by atoms with Crippen molar-refractivity contribution in [1.29, 1.82) is 0 Å². The zero-order valence-corrected chi connectivity index (χ0v) is 41.7. The van der Waals surface area contributed by atoms with Crippen LogP contribution < -0.4 is 21.1 Å². The fourth-order valence-electron chi connectivity index (χ4n) is 6.82. The molecule has 1 heterocycles. The molecule has 1 aromatic heterocycles. The van der Waals surface area contributed by atoms with Crippen LogP contribution in [0.25, 0.3) is 0 Å². The molecule has 0 spiro atoms. The van der Waals surface area contributed by atoms with Crippen LogP contribution in [0, 0.1) is 5.92 Å². The van der Waals surface area contributed by atoms with E-state index in [1.807, 2.05) is 0 Å². The van der Waals surface area contributed by atoms with Gasteiger partial charge in [0.25, 0.3) is 0 Å². The number of hydrogen-bond donors (Lipinski definition) is 5. The molecule has 0 fully saturated rings. The van der Waals surface area contributed by atoms with E-state index in [1.165, 1.54) is 58.3 Å². The lowest BCUT2D eigenvalue weighted by molar-refractivity contribution is -0.129. The minimum Gasteiger partial charge on any atom is -0.379 e. The first-order valence-corrected chi connectivity index (χ1v) is 26.2. The van der Waals surface area contributed by atoms with Gasteiger partial charge >= 0.3 is 0 Å². The first kappa shape index (κ1) is 61.3. The van der Waals surface area contributed by atoms with Gasteiger partial charge in [-0.3, -0.25) is 33.5 Å². The standard InChI is InChI=1S/C46H84N8O12S/c1-38(55)39(35-41(57)46(2,3)47)21-17-18-26-48-45(60)37-66-33-30-63-28-19-22-40(56)36-65-32-31-64-29-27-49-43(58)25-20-34-67(61,62)52-44(59)24-16-14-12-10-8-6-4-5-7-9-11-13-15-23-42-50-53-54-51-42/h39H,4-37,47H2,1-3H3,(H,48,60)(H,49,58)(H,52,59)(H,50,51,53,54)/t39-/m1/s1. The SMILES string of the molecule is CC(=O)[C@H](CCCCNC(=O)COCCOCCCC(=O)COCCOCCNC(=O)CCCS(=O)(=O)NC(=O)CCCCCCCCCCCCCCCc1nn[nH]n1)CC(=O)C(C)(C)N. The molecular formula is C46H84N8O12S. The molecule has 0 unspecified atom stereocenters. The smallest absolute Gasteiger partial charge is 0.245 e. The second-order valence-corrected chi connectivity index (χ2v) is 19.5. The Morgan fingerprint density at radius 2 is 1.19 bits per heavy atom. The van der Waals surface area contributed by atoms with Crippen molar-refractivity contribution >= 4 is 45.1 Å². The minimum absolute atomic E-state index is 0.00268. The van der Waals surface area contributed by atoms with E-state index in [1.54, 1.807) is 13.8 Å². The summed E-state index contributed by atoms with van der Waals surface area (Å²) in [6.45, 7) is 6.75.